The van der Waals surface area contributed by atoms with Gasteiger partial charge in [-0.1, -0.05) is 25.8 Å². The summed E-state index contributed by atoms with van der Waals surface area (Å²) in [6.45, 7) is 4.62. The van der Waals surface area contributed by atoms with E-state index in [0.717, 1.165) is 22.4 Å². The van der Waals surface area contributed by atoms with Gasteiger partial charge in [0.05, 0.1) is 11.3 Å². The summed E-state index contributed by atoms with van der Waals surface area (Å²) >= 11 is 1.56. The summed E-state index contributed by atoms with van der Waals surface area (Å²) in [4.78, 5) is 1.22. The Bertz CT molecular complexity index is 686. The van der Waals surface area contributed by atoms with Crippen molar-refractivity contribution in [2.45, 2.75) is 46.0 Å². The second-order valence-corrected chi connectivity index (χ2v) is 7.05. The molecule has 1 unspecified atom stereocenters. The van der Waals surface area contributed by atoms with Crippen LogP contribution in [-0.4, -0.2) is 6.61 Å². The van der Waals surface area contributed by atoms with Crippen molar-refractivity contribution in [3.05, 3.63) is 35.0 Å². The van der Waals surface area contributed by atoms with E-state index >= 15 is 0 Å². The number of halogens is 1. The lowest BCUT2D eigenvalue weighted by molar-refractivity contribution is 0.323. The van der Waals surface area contributed by atoms with Gasteiger partial charge in [0, 0.05) is 4.88 Å². The molecule has 0 aliphatic heterocycles. The van der Waals surface area contributed by atoms with Gasteiger partial charge in [0.15, 0.2) is 11.6 Å². The normalized spacial score (nSPS) is 18.5. The lowest BCUT2D eigenvalue weighted by Gasteiger charge is -2.20. The highest BCUT2D eigenvalue weighted by Crippen LogP contribution is 2.40. The Morgan fingerprint density at radius 2 is 2.18 bits per heavy atom. The van der Waals surface area contributed by atoms with Crippen molar-refractivity contribution in [2.75, 3.05) is 6.61 Å². The fourth-order valence-electron chi connectivity index (χ4n) is 3.26. The summed E-state index contributed by atoms with van der Waals surface area (Å²) in [5, 5.41) is 0.984. The first kappa shape index (κ1) is 15.5. The molecule has 1 aliphatic carbocycles. The fraction of sp³-hybridized carbons (Fsp3) is 0.474. The molecule has 2 aromatic rings. The van der Waals surface area contributed by atoms with Gasteiger partial charge in [0.2, 0.25) is 0 Å². The highest BCUT2D eigenvalue weighted by Gasteiger charge is 2.18. The Balaban J connectivity index is 1.88. The van der Waals surface area contributed by atoms with Gasteiger partial charge in [-0.15, -0.1) is 11.3 Å². The van der Waals surface area contributed by atoms with Crippen LogP contribution in [0.1, 0.15) is 50.8 Å². The minimum atomic E-state index is -0.212. The highest BCUT2D eigenvalue weighted by atomic mass is 32.1. The van der Waals surface area contributed by atoms with Crippen LogP contribution in [-0.2, 0) is 0 Å². The molecule has 3 rings (SSSR count). The van der Waals surface area contributed by atoms with E-state index in [4.69, 9.17) is 4.74 Å². The average Bonchev–Trinajstić information content (AvgIpc) is 2.96. The van der Waals surface area contributed by atoms with Crippen molar-refractivity contribution < 1.29 is 9.13 Å². The van der Waals surface area contributed by atoms with Gasteiger partial charge in [0.1, 0.15) is 0 Å². The molecule has 0 spiro atoms. The van der Waals surface area contributed by atoms with E-state index in [2.05, 4.69) is 19.1 Å². The Morgan fingerprint density at radius 3 is 2.86 bits per heavy atom. The van der Waals surface area contributed by atoms with Crippen LogP contribution in [0, 0.1) is 11.7 Å². The van der Waals surface area contributed by atoms with Crippen LogP contribution in [0.3, 0.4) is 0 Å². The van der Waals surface area contributed by atoms with Crippen LogP contribution < -0.4 is 4.74 Å². The molecular weight excluding hydrogens is 295 g/mol. The second kappa shape index (κ2) is 6.82. The molecule has 0 saturated heterocycles. The van der Waals surface area contributed by atoms with Crippen LogP contribution in [0.15, 0.2) is 24.3 Å². The molecule has 0 radical (unpaired) electrons. The van der Waals surface area contributed by atoms with Crippen LogP contribution >= 0.6 is 11.3 Å². The van der Waals surface area contributed by atoms with E-state index < -0.39 is 0 Å². The van der Waals surface area contributed by atoms with Gasteiger partial charge < -0.3 is 4.74 Å². The van der Waals surface area contributed by atoms with Crippen LogP contribution in [0.4, 0.5) is 4.39 Å². The van der Waals surface area contributed by atoms with E-state index in [1.807, 2.05) is 13.0 Å². The maximum absolute atomic E-state index is 14.5. The van der Waals surface area contributed by atoms with Gasteiger partial charge in [-0.25, -0.2) is 4.39 Å². The zero-order valence-corrected chi connectivity index (χ0v) is 14.1. The monoisotopic (exact) mass is 318 g/mol. The first-order valence-electron chi connectivity index (χ1n) is 8.27. The Labute approximate surface area is 135 Å². The summed E-state index contributed by atoms with van der Waals surface area (Å²) in [5.41, 5.74) is 1.39. The topological polar surface area (TPSA) is 9.23 Å². The number of rotatable bonds is 5. The van der Waals surface area contributed by atoms with E-state index in [0.29, 0.717) is 12.4 Å². The third-order valence-corrected chi connectivity index (χ3v) is 5.64. The largest absolute Gasteiger partial charge is 0.491 e. The molecule has 1 aromatic heterocycles. The number of thiophene rings is 1. The number of benzene rings is 1. The second-order valence-electron chi connectivity index (χ2n) is 6.00. The zero-order valence-electron chi connectivity index (χ0n) is 13.3. The summed E-state index contributed by atoms with van der Waals surface area (Å²) in [5.74, 6) is 0.990. The number of allylic oxidation sites excluding steroid dienone is 2. The molecule has 0 fully saturated rings. The Hall–Kier alpha value is -1.35. The third kappa shape index (κ3) is 3.05. The molecule has 3 heteroatoms. The Morgan fingerprint density at radius 1 is 1.32 bits per heavy atom. The molecule has 118 valence electrons. The van der Waals surface area contributed by atoms with Crippen molar-refractivity contribution in [3.8, 4) is 5.75 Å². The van der Waals surface area contributed by atoms with Gasteiger partial charge >= 0.3 is 0 Å². The predicted octanol–water partition coefficient (Wildman–Crippen LogP) is 6.42. The van der Waals surface area contributed by atoms with Crippen LogP contribution in [0.25, 0.3) is 15.7 Å². The maximum atomic E-state index is 14.5. The molecule has 0 N–H and O–H groups in total. The smallest absolute Gasteiger partial charge is 0.182 e. The minimum absolute atomic E-state index is 0.212. The average molecular weight is 318 g/mol. The van der Waals surface area contributed by atoms with E-state index in [1.165, 1.54) is 36.1 Å². The molecule has 0 amide bonds. The van der Waals surface area contributed by atoms with Crippen molar-refractivity contribution >= 4 is 27.0 Å². The molecule has 1 aromatic carbocycles. The molecule has 1 heterocycles. The van der Waals surface area contributed by atoms with Gasteiger partial charge in [-0.05, 0) is 61.3 Å². The predicted molar refractivity (Wildman–Crippen MR) is 93.2 cm³/mol. The van der Waals surface area contributed by atoms with Crippen molar-refractivity contribution in [1.82, 2.24) is 0 Å². The van der Waals surface area contributed by atoms with Gasteiger partial charge in [-0.2, -0.15) is 0 Å². The molecule has 0 saturated carbocycles. The van der Waals surface area contributed by atoms with E-state index in [-0.39, 0.29) is 5.82 Å². The first-order valence-corrected chi connectivity index (χ1v) is 9.08. The lowest BCUT2D eigenvalue weighted by Crippen LogP contribution is -2.04. The molecule has 22 heavy (non-hydrogen) atoms. The van der Waals surface area contributed by atoms with Crippen molar-refractivity contribution in [1.29, 1.82) is 0 Å². The number of ether oxygens (including phenoxy) is 1. The maximum Gasteiger partial charge on any atom is 0.182 e. The number of fused-ring (bicyclic) bond motifs is 1. The highest BCUT2D eigenvalue weighted by molar-refractivity contribution is 7.20. The van der Waals surface area contributed by atoms with Crippen molar-refractivity contribution in [2.24, 2.45) is 5.92 Å². The molecule has 1 aliphatic rings. The van der Waals surface area contributed by atoms with Crippen LogP contribution in [0.2, 0.25) is 0 Å². The van der Waals surface area contributed by atoms with Crippen LogP contribution in [0.5, 0.6) is 5.75 Å². The summed E-state index contributed by atoms with van der Waals surface area (Å²) in [6.07, 6.45) is 8.52. The zero-order chi connectivity index (χ0) is 15.5. The summed E-state index contributed by atoms with van der Waals surface area (Å²) in [7, 11) is 0. The standard InChI is InChI=1S/C19H23FOS/c1-3-5-13-6-8-14(9-7-13)17-12-15-10-11-16(21-4-2)18(20)19(15)22-17/h8,10-13H,3-7,9H2,1-2H3. The van der Waals surface area contributed by atoms with E-state index in [1.54, 1.807) is 17.4 Å². The SMILES string of the molecule is CCCC1CC=C(c2cc3ccc(OCC)c(F)c3s2)CC1. The fourth-order valence-corrected chi connectivity index (χ4v) is 4.42. The van der Waals surface area contributed by atoms with Gasteiger partial charge in [0.25, 0.3) is 0 Å². The number of hydrogen-bond donors (Lipinski definition) is 0. The Kier molecular flexibility index (Phi) is 4.82. The molecule has 1 atom stereocenters. The summed E-state index contributed by atoms with van der Waals surface area (Å²) < 4.78 is 20.5. The quantitative estimate of drug-likeness (QED) is 0.618. The summed E-state index contributed by atoms with van der Waals surface area (Å²) in [6, 6.07) is 5.83. The minimum Gasteiger partial charge on any atom is -0.491 e. The lowest BCUT2D eigenvalue weighted by atomic mass is 9.86. The molecule has 1 nitrogen and oxygen atoms in total. The van der Waals surface area contributed by atoms with Crippen molar-refractivity contribution in [3.63, 3.8) is 0 Å². The molecule has 0 bridgehead atoms. The van der Waals surface area contributed by atoms with E-state index in [9.17, 15) is 4.39 Å². The molecular formula is C19H23FOS. The third-order valence-electron chi connectivity index (χ3n) is 4.42. The van der Waals surface area contributed by atoms with Gasteiger partial charge in [-0.3, -0.25) is 0 Å². The first-order chi connectivity index (χ1) is 10.7. The number of hydrogen-bond acceptors (Lipinski definition) is 2.